The van der Waals surface area contributed by atoms with Gasteiger partial charge < -0.3 is 27.9 Å². The molecular formula is C48H84NO8P. The Kier molecular flexibility index (Phi) is 38.1. The number of carbonyl (C=O) groups excluding carboxylic acids is 2. The third-order valence-electron chi connectivity index (χ3n) is 9.21. The normalized spacial score (nSPS) is 14.2. The van der Waals surface area contributed by atoms with Gasteiger partial charge in [-0.15, -0.1) is 0 Å². The van der Waals surface area contributed by atoms with Crippen molar-refractivity contribution in [3.63, 3.8) is 0 Å². The zero-order chi connectivity index (χ0) is 42.8. The Morgan fingerprint density at radius 3 is 1.50 bits per heavy atom. The lowest BCUT2D eigenvalue weighted by Gasteiger charge is -2.28. The van der Waals surface area contributed by atoms with E-state index in [4.69, 9.17) is 18.5 Å². The molecule has 0 radical (unpaired) electrons. The van der Waals surface area contributed by atoms with Crippen molar-refractivity contribution in [1.29, 1.82) is 0 Å². The standard InChI is InChI=1S/C48H84NO8P/c1-6-8-10-12-14-16-18-20-22-23-24-25-27-28-30-32-34-36-38-40-47(50)54-44-46(45-56-58(52,53)55-43-42-49(3,4)5)57-48(51)41-39-37-35-33-31-29-26-21-19-17-15-13-11-9-7-2/h14,16,20-22,24-26,28,30,34,36,46H,6-13,15,17-19,23,27,29,31-33,35,37-45H2,1-5H3/b16-14-,22-20-,25-24-,26-21-,30-28-,36-34-/t46-/m1/s1. The van der Waals surface area contributed by atoms with Crippen molar-refractivity contribution in [2.24, 2.45) is 0 Å². The number of quaternary nitrogens is 1. The molecule has 0 bridgehead atoms. The topological polar surface area (TPSA) is 111 Å². The van der Waals surface area contributed by atoms with Gasteiger partial charge in [0.05, 0.1) is 27.7 Å². The third kappa shape index (κ3) is 43.0. The van der Waals surface area contributed by atoms with E-state index in [-0.39, 0.29) is 26.1 Å². The molecule has 0 N–H and O–H groups in total. The van der Waals surface area contributed by atoms with E-state index in [9.17, 15) is 19.0 Å². The summed E-state index contributed by atoms with van der Waals surface area (Å²) < 4.78 is 33.8. The number of esters is 2. The molecule has 0 spiro atoms. The molecule has 9 nitrogen and oxygen atoms in total. The number of allylic oxidation sites excluding steroid dienone is 12. The van der Waals surface area contributed by atoms with Crippen LogP contribution in [0.25, 0.3) is 0 Å². The lowest BCUT2D eigenvalue weighted by atomic mass is 10.1. The van der Waals surface area contributed by atoms with Crippen molar-refractivity contribution in [1.82, 2.24) is 0 Å². The number of likely N-dealkylation sites (N-methyl/N-ethyl adjacent to an activating group) is 1. The first kappa shape index (κ1) is 55.5. The summed E-state index contributed by atoms with van der Waals surface area (Å²) >= 11 is 0. The zero-order valence-corrected chi connectivity index (χ0v) is 38.4. The summed E-state index contributed by atoms with van der Waals surface area (Å²) in [5.74, 6) is -0.945. The maximum absolute atomic E-state index is 12.7. The smallest absolute Gasteiger partial charge is 0.306 e. The zero-order valence-electron chi connectivity index (χ0n) is 37.5. The van der Waals surface area contributed by atoms with Crippen LogP contribution in [0.1, 0.15) is 168 Å². The van der Waals surface area contributed by atoms with Crippen molar-refractivity contribution in [2.75, 3.05) is 47.5 Å². The minimum absolute atomic E-state index is 0.0465. The lowest BCUT2D eigenvalue weighted by molar-refractivity contribution is -0.870. The maximum Gasteiger partial charge on any atom is 0.306 e. The monoisotopic (exact) mass is 834 g/mol. The number of phosphoric ester groups is 1. The van der Waals surface area contributed by atoms with Gasteiger partial charge in [-0.05, 0) is 77.0 Å². The summed E-state index contributed by atoms with van der Waals surface area (Å²) in [4.78, 5) is 37.5. The van der Waals surface area contributed by atoms with Crippen LogP contribution in [0.2, 0.25) is 0 Å². The molecule has 0 aromatic rings. The summed E-state index contributed by atoms with van der Waals surface area (Å²) in [7, 11) is 1.11. The largest absolute Gasteiger partial charge is 0.756 e. The Labute approximate surface area is 355 Å². The van der Waals surface area contributed by atoms with E-state index in [2.05, 4.69) is 74.6 Å². The van der Waals surface area contributed by atoms with E-state index < -0.39 is 32.5 Å². The molecule has 0 aliphatic rings. The van der Waals surface area contributed by atoms with Gasteiger partial charge in [0.15, 0.2) is 6.10 Å². The second kappa shape index (κ2) is 39.9. The van der Waals surface area contributed by atoms with Gasteiger partial charge in [0.25, 0.3) is 7.82 Å². The first-order valence-electron chi connectivity index (χ1n) is 22.6. The Bertz CT molecular complexity index is 1220. The molecule has 0 saturated heterocycles. The first-order valence-corrected chi connectivity index (χ1v) is 24.1. The lowest BCUT2D eigenvalue weighted by Crippen LogP contribution is -2.37. The molecule has 0 aromatic carbocycles. The van der Waals surface area contributed by atoms with Crippen molar-refractivity contribution in [3.8, 4) is 0 Å². The summed E-state index contributed by atoms with van der Waals surface area (Å²) in [5, 5.41) is 0. The number of nitrogens with zero attached hydrogens (tertiary/aromatic N) is 1. The molecule has 0 aliphatic heterocycles. The highest BCUT2D eigenvalue weighted by molar-refractivity contribution is 7.45. The molecule has 1 unspecified atom stereocenters. The Hall–Kier alpha value is -2.55. The average molecular weight is 834 g/mol. The summed E-state index contributed by atoms with van der Waals surface area (Å²) in [5.41, 5.74) is 0. The molecule has 0 aromatic heterocycles. The summed E-state index contributed by atoms with van der Waals surface area (Å²) in [6.45, 7) is 4.08. The molecule has 0 heterocycles. The number of hydrogen-bond acceptors (Lipinski definition) is 8. The second-order valence-corrected chi connectivity index (χ2v) is 17.5. The van der Waals surface area contributed by atoms with Gasteiger partial charge in [-0.3, -0.25) is 14.2 Å². The van der Waals surface area contributed by atoms with Gasteiger partial charge in [0, 0.05) is 12.8 Å². The van der Waals surface area contributed by atoms with Crippen LogP contribution in [0.5, 0.6) is 0 Å². The summed E-state index contributed by atoms with van der Waals surface area (Å²) in [6, 6.07) is 0. The first-order chi connectivity index (χ1) is 28.0. The molecule has 10 heteroatoms. The number of carbonyl (C=O) groups is 2. The van der Waals surface area contributed by atoms with Gasteiger partial charge in [0.1, 0.15) is 19.8 Å². The highest BCUT2D eigenvalue weighted by Crippen LogP contribution is 2.38. The van der Waals surface area contributed by atoms with E-state index in [0.717, 1.165) is 57.8 Å². The van der Waals surface area contributed by atoms with Crippen molar-refractivity contribution in [2.45, 2.75) is 174 Å². The number of unbranched alkanes of at least 4 members (excludes halogenated alkanes) is 14. The van der Waals surface area contributed by atoms with Crippen molar-refractivity contribution < 1.29 is 42.1 Å². The molecule has 334 valence electrons. The van der Waals surface area contributed by atoms with Crippen LogP contribution < -0.4 is 4.89 Å². The highest BCUT2D eigenvalue weighted by Gasteiger charge is 2.21. The van der Waals surface area contributed by atoms with Crippen LogP contribution in [0.4, 0.5) is 0 Å². The summed E-state index contributed by atoms with van der Waals surface area (Å²) in [6.07, 6.45) is 49.4. The predicted molar refractivity (Wildman–Crippen MR) is 240 cm³/mol. The second-order valence-electron chi connectivity index (χ2n) is 16.1. The predicted octanol–water partition coefficient (Wildman–Crippen LogP) is 12.4. The van der Waals surface area contributed by atoms with E-state index in [1.807, 2.05) is 33.3 Å². The number of rotatable bonds is 40. The molecule has 58 heavy (non-hydrogen) atoms. The van der Waals surface area contributed by atoms with Crippen molar-refractivity contribution in [3.05, 3.63) is 72.9 Å². The number of ether oxygens (including phenoxy) is 2. The third-order valence-corrected chi connectivity index (χ3v) is 10.2. The quantitative estimate of drug-likeness (QED) is 0.0197. The Morgan fingerprint density at radius 1 is 0.534 bits per heavy atom. The van der Waals surface area contributed by atoms with E-state index in [0.29, 0.717) is 23.9 Å². The van der Waals surface area contributed by atoms with Crippen LogP contribution in [0.15, 0.2) is 72.9 Å². The van der Waals surface area contributed by atoms with Crippen LogP contribution in [0, 0.1) is 0 Å². The van der Waals surface area contributed by atoms with Crippen molar-refractivity contribution >= 4 is 19.8 Å². The van der Waals surface area contributed by atoms with Gasteiger partial charge in [-0.1, -0.05) is 151 Å². The minimum Gasteiger partial charge on any atom is -0.756 e. The average Bonchev–Trinajstić information content (AvgIpc) is 3.17. The Balaban J connectivity index is 4.49. The van der Waals surface area contributed by atoms with Crippen LogP contribution in [-0.2, 0) is 32.7 Å². The van der Waals surface area contributed by atoms with Crippen LogP contribution in [-0.4, -0.2) is 70.0 Å². The highest BCUT2D eigenvalue weighted by atomic mass is 31.2. The molecular weight excluding hydrogens is 750 g/mol. The number of hydrogen-bond donors (Lipinski definition) is 0. The van der Waals surface area contributed by atoms with E-state index >= 15 is 0 Å². The van der Waals surface area contributed by atoms with Gasteiger partial charge in [-0.25, -0.2) is 0 Å². The van der Waals surface area contributed by atoms with Crippen LogP contribution in [0.3, 0.4) is 0 Å². The molecule has 2 atom stereocenters. The molecule has 0 fully saturated rings. The minimum atomic E-state index is -4.65. The molecule has 0 saturated carbocycles. The fourth-order valence-electron chi connectivity index (χ4n) is 5.63. The van der Waals surface area contributed by atoms with Crippen LogP contribution >= 0.6 is 7.82 Å². The SMILES string of the molecule is CCCCC/C=C\C/C=C\C/C=C\C/C=C\C/C=C\CCC(=O)OC[C@H](COP(=O)([O-])OCC[N+](C)(C)C)OC(=O)CCCCCCC/C=C\CCCCCCCC. The Morgan fingerprint density at radius 2 is 0.966 bits per heavy atom. The van der Waals surface area contributed by atoms with E-state index in [1.165, 1.54) is 70.6 Å². The van der Waals surface area contributed by atoms with Gasteiger partial charge in [0.2, 0.25) is 0 Å². The fourth-order valence-corrected chi connectivity index (χ4v) is 6.36. The molecule has 0 aliphatic carbocycles. The van der Waals surface area contributed by atoms with Gasteiger partial charge in [-0.2, -0.15) is 0 Å². The fraction of sp³-hybridized carbons (Fsp3) is 0.708. The molecule has 0 rings (SSSR count). The molecule has 0 amide bonds. The van der Waals surface area contributed by atoms with Gasteiger partial charge >= 0.3 is 11.9 Å². The number of phosphoric acid groups is 1. The maximum atomic E-state index is 12.7. The van der Waals surface area contributed by atoms with E-state index in [1.54, 1.807) is 0 Å².